The molecule has 0 saturated heterocycles. The maximum absolute atomic E-state index is 11.5. The molecule has 1 aliphatic carbocycles. The van der Waals surface area contributed by atoms with E-state index < -0.39 is 0 Å². The average Bonchev–Trinajstić information content (AvgIpc) is 3.24. The second kappa shape index (κ2) is 5.57. The molecule has 2 rings (SSSR count). The van der Waals surface area contributed by atoms with Gasteiger partial charge in [-0.05, 0) is 44.7 Å². The predicted octanol–water partition coefficient (Wildman–Crippen LogP) is 1.80. The summed E-state index contributed by atoms with van der Waals surface area (Å²) in [6.45, 7) is 4.83. The van der Waals surface area contributed by atoms with Crippen molar-refractivity contribution in [2.45, 2.75) is 32.2 Å². The molecule has 3 N–H and O–H groups in total. The molecule has 1 saturated carbocycles. The second-order valence-electron chi connectivity index (χ2n) is 5.17. The van der Waals surface area contributed by atoms with Crippen LogP contribution in [0.4, 0.5) is 5.82 Å². The zero-order valence-corrected chi connectivity index (χ0v) is 11.5. The fraction of sp³-hybridized carbons (Fsp3) is 0.571. The number of anilines is 1. The minimum absolute atomic E-state index is 0.113. The number of hydrogen-bond donors (Lipinski definition) is 2. The molecule has 1 aliphatic rings. The van der Waals surface area contributed by atoms with Crippen LogP contribution in [0.2, 0.25) is 0 Å². The Labute approximate surface area is 113 Å². The minimum Gasteiger partial charge on any atom is -0.462 e. The number of esters is 1. The molecular formula is C14H21N3O2. The van der Waals surface area contributed by atoms with Gasteiger partial charge in [0.05, 0.1) is 17.7 Å². The lowest BCUT2D eigenvalue weighted by atomic mass is 9.96. The number of rotatable bonds is 6. The number of carbonyl (C=O) groups excluding carboxylic acids is 1. The summed E-state index contributed by atoms with van der Waals surface area (Å²) in [6, 6.07) is 3.51. The fourth-order valence-electron chi connectivity index (χ4n) is 2.14. The molecule has 1 aromatic heterocycles. The van der Waals surface area contributed by atoms with Crippen molar-refractivity contribution in [2.24, 2.45) is 11.7 Å². The highest BCUT2D eigenvalue weighted by Crippen LogP contribution is 2.40. The molecule has 1 fully saturated rings. The van der Waals surface area contributed by atoms with E-state index in [1.807, 2.05) is 0 Å². The summed E-state index contributed by atoms with van der Waals surface area (Å²) in [4.78, 5) is 15.8. The van der Waals surface area contributed by atoms with Gasteiger partial charge in [-0.2, -0.15) is 0 Å². The van der Waals surface area contributed by atoms with Gasteiger partial charge in [0, 0.05) is 12.7 Å². The van der Waals surface area contributed by atoms with Crippen molar-refractivity contribution in [1.29, 1.82) is 0 Å². The van der Waals surface area contributed by atoms with Gasteiger partial charge >= 0.3 is 5.97 Å². The largest absolute Gasteiger partial charge is 0.462 e. The van der Waals surface area contributed by atoms with Crippen LogP contribution in [0.25, 0.3) is 0 Å². The van der Waals surface area contributed by atoms with Gasteiger partial charge in [0.1, 0.15) is 5.82 Å². The topological polar surface area (TPSA) is 77.2 Å². The summed E-state index contributed by atoms with van der Waals surface area (Å²) in [6.07, 6.45) is 3.95. The molecule has 1 aromatic rings. The van der Waals surface area contributed by atoms with Gasteiger partial charge in [-0.3, -0.25) is 0 Å². The van der Waals surface area contributed by atoms with E-state index in [2.05, 4.69) is 17.2 Å². The number of nitrogens with zero attached hydrogens (tertiary/aromatic N) is 1. The van der Waals surface area contributed by atoms with Gasteiger partial charge in [-0.15, -0.1) is 0 Å². The standard InChI is InChI=1S/C14H21N3O2/c1-3-19-13(18)10-4-7-12(16-8-10)17-14(2,9-15)11-5-6-11/h4,7-8,11H,3,5-6,9,15H2,1-2H3,(H,16,17). The Morgan fingerprint density at radius 2 is 2.32 bits per heavy atom. The van der Waals surface area contributed by atoms with Crippen LogP contribution >= 0.6 is 0 Å². The molecule has 0 bridgehead atoms. The summed E-state index contributed by atoms with van der Waals surface area (Å²) < 4.78 is 4.92. The first-order chi connectivity index (χ1) is 9.09. The zero-order valence-electron chi connectivity index (χ0n) is 11.5. The lowest BCUT2D eigenvalue weighted by Gasteiger charge is -2.30. The van der Waals surface area contributed by atoms with Crippen molar-refractivity contribution in [2.75, 3.05) is 18.5 Å². The summed E-state index contributed by atoms with van der Waals surface area (Å²) in [5, 5.41) is 3.38. The number of nitrogens with two attached hydrogens (primary N) is 1. The Balaban J connectivity index is 2.04. The van der Waals surface area contributed by atoms with Crippen molar-refractivity contribution in [3.8, 4) is 0 Å². The predicted molar refractivity (Wildman–Crippen MR) is 74.0 cm³/mol. The van der Waals surface area contributed by atoms with E-state index in [0.717, 1.165) is 5.82 Å². The quantitative estimate of drug-likeness (QED) is 0.765. The molecule has 0 amide bonds. The Morgan fingerprint density at radius 3 is 2.79 bits per heavy atom. The highest BCUT2D eigenvalue weighted by atomic mass is 16.5. The van der Waals surface area contributed by atoms with Crippen LogP contribution in [0.1, 0.15) is 37.0 Å². The molecule has 5 nitrogen and oxygen atoms in total. The molecule has 0 radical (unpaired) electrons. The zero-order chi connectivity index (χ0) is 13.9. The van der Waals surface area contributed by atoms with Gasteiger partial charge in [0.15, 0.2) is 0 Å². The van der Waals surface area contributed by atoms with E-state index in [-0.39, 0.29) is 11.5 Å². The van der Waals surface area contributed by atoms with Crippen molar-refractivity contribution in [3.05, 3.63) is 23.9 Å². The van der Waals surface area contributed by atoms with Gasteiger partial charge in [0.25, 0.3) is 0 Å². The third-order valence-electron chi connectivity index (χ3n) is 3.59. The van der Waals surface area contributed by atoms with Crippen molar-refractivity contribution in [3.63, 3.8) is 0 Å². The van der Waals surface area contributed by atoms with Gasteiger partial charge in [-0.25, -0.2) is 9.78 Å². The number of ether oxygens (including phenoxy) is 1. The monoisotopic (exact) mass is 263 g/mol. The fourth-order valence-corrected chi connectivity index (χ4v) is 2.14. The maximum Gasteiger partial charge on any atom is 0.339 e. The van der Waals surface area contributed by atoms with E-state index in [1.165, 1.54) is 19.0 Å². The van der Waals surface area contributed by atoms with Crippen molar-refractivity contribution in [1.82, 2.24) is 4.98 Å². The lowest BCUT2D eigenvalue weighted by molar-refractivity contribution is 0.0526. The van der Waals surface area contributed by atoms with Crippen LogP contribution in [0.5, 0.6) is 0 Å². The van der Waals surface area contributed by atoms with Crippen LogP contribution in [-0.2, 0) is 4.74 Å². The summed E-state index contributed by atoms with van der Waals surface area (Å²) in [7, 11) is 0. The lowest BCUT2D eigenvalue weighted by Crippen LogP contribution is -2.44. The molecule has 1 heterocycles. The van der Waals surface area contributed by atoms with Crippen molar-refractivity contribution < 1.29 is 9.53 Å². The van der Waals surface area contributed by atoms with Gasteiger partial charge in [-0.1, -0.05) is 0 Å². The van der Waals surface area contributed by atoms with Crippen LogP contribution in [-0.4, -0.2) is 29.6 Å². The molecular weight excluding hydrogens is 242 g/mol. The average molecular weight is 263 g/mol. The first-order valence-corrected chi connectivity index (χ1v) is 6.70. The number of pyridine rings is 1. The molecule has 0 aliphatic heterocycles. The smallest absolute Gasteiger partial charge is 0.339 e. The number of aromatic nitrogens is 1. The summed E-state index contributed by atoms with van der Waals surface area (Å²) in [5.41, 5.74) is 6.20. The molecule has 104 valence electrons. The maximum atomic E-state index is 11.5. The highest BCUT2D eigenvalue weighted by Gasteiger charge is 2.40. The second-order valence-corrected chi connectivity index (χ2v) is 5.17. The minimum atomic E-state index is -0.342. The molecule has 5 heteroatoms. The van der Waals surface area contributed by atoms with E-state index >= 15 is 0 Å². The first-order valence-electron chi connectivity index (χ1n) is 6.70. The number of hydrogen-bond acceptors (Lipinski definition) is 5. The third-order valence-corrected chi connectivity index (χ3v) is 3.59. The van der Waals surface area contributed by atoms with Gasteiger partial charge < -0.3 is 15.8 Å². The third kappa shape index (κ3) is 3.23. The molecule has 1 atom stereocenters. The van der Waals surface area contributed by atoms with E-state index in [9.17, 15) is 4.79 Å². The van der Waals surface area contributed by atoms with Crippen LogP contribution in [0.3, 0.4) is 0 Å². The van der Waals surface area contributed by atoms with E-state index in [0.29, 0.717) is 24.6 Å². The number of carbonyl (C=O) groups is 1. The van der Waals surface area contributed by atoms with Gasteiger partial charge in [0.2, 0.25) is 0 Å². The SMILES string of the molecule is CCOC(=O)c1ccc(NC(C)(CN)C2CC2)nc1. The Kier molecular flexibility index (Phi) is 4.04. The van der Waals surface area contributed by atoms with Crippen LogP contribution < -0.4 is 11.1 Å². The van der Waals surface area contributed by atoms with E-state index in [1.54, 1.807) is 19.1 Å². The summed E-state index contributed by atoms with van der Waals surface area (Å²) in [5.74, 6) is 1.02. The van der Waals surface area contributed by atoms with E-state index in [4.69, 9.17) is 10.5 Å². The van der Waals surface area contributed by atoms with Crippen LogP contribution in [0, 0.1) is 5.92 Å². The Morgan fingerprint density at radius 1 is 1.58 bits per heavy atom. The van der Waals surface area contributed by atoms with Crippen LogP contribution in [0.15, 0.2) is 18.3 Å². The molecule has 0 spiro atoms. The summed E-state index contributed by atoms with van der Waals surface area (Å²) >= 11 is 0. The first kappa shape index (κ1) is 13.8. The Hall–Kier alpha value is -1.62. The highest BCUT2D eigenvalue weighted by molar-refractivity contribution is 5.89. The molecule has 1 unspecified atom stereocenters. The Bertz CT molecular complexity index is 443. The number of nitrogens with one attached hydrogen (secondary N) is 1. The normalized spacial score (nSPS) is 17.6. The molecule has 19 heavy (non-hydrogen) atoms. The molecule has 0 aromatic carbocycles. The van der Waals surface area contributed by atoms with Crippen molar-refractivity contribution >= 4 is 11.8 Å².